The number of benzene rings is 7. The van der Waals surface area contributed by atoms with Gasteiger partial charge < -0.3 is 25.5 Å². The van der Waals surface area contributed by atoms with E-state index < -0.39 is 28.7 Å². The lowest BCUT2D eigenvalue weighted by molar-refractivity contribution is 0.330. The molecule has 0 amide bonds. The fraction of sp³-hybridized carbons (Fsp3) is 0.0806. The third kappa shape index (κ3) is 9.44. The van der Waals surface area contributed by atoms with E-state index in [4.69, 9.17) is 4.98 Å². The summed E-state index contributed by atoms with van der Waals surface area (Å²) in [5.41, 5.74) is 18.5. The van der Waals surface area contributed by atoms with Gasteiger partial charge in [-0.2, -0.15) is 0 Å². The van der Waals surface area contributed by atoms with E-state index in [9.17, 15) is 25.5 Å². The summed E-state index contributed by atoms with van der Waals surface area (Å²) in [6.07, 6.45) is 9.12. The smallest absolute Gasteiger partial charge is 0.208 e. The summed E-state index contributed by atoms with van der Waals surface area (Å²) in [7, 11) is 0. The molecule has 8 heteroatoms. The van der Waals surface area contributed by atoms with Crippen molar-refractivity contribution in [1.29, 1.82) is 0 Å². The summed E-state index contributed by atoms with van der Waals surface area (Å²) in [5, 5.41) is 51.1. The van der Waals surface area contributed by atoms with Crippen LogP contribution in [0.1, 0.15) is 27.8 Å². The molecular weight excluding hydrogens is 867 g/mol. The van der Waals surface area contributed by atoms with E-state index in [0.29, 0.717) is 5.56 Å². The summed E-state index contributed by atoms with van der Waals surface area (Å²) in [6, 6.07) is 62.7. The first-order chi connectivity index (χ1) is 34.2. The number of aromatic nitrogens is 3. The van der Waals surface area contributed by atoms with E-state index in [2.05, 4.69) is 125 Å². The summed E-state index contributed by atoms with van der Waals surface area (Å²) in [6.45, 7) is 1.98. The molecule has 10 rings (SSSR count). The van der Waals surface area contributed by atoms with Gasteiger partial charge in [0.25, 0.3) is 0 Å². The van der Waals surface area contributed by atoms with Gasteiger partial charge in [0.05, 0.1) is 22.6 Å². The minimum Gasteiger partial charge on any atom is -0.504 e. The van der Waals surface area contributed by atoms with Crippen LogP contribution in [-0.4, -0.2) is 40.5 Å². The van der Waals surface area contributed by atoms with Crippen LogP contribution in [0.25, 0.3) is 78.3 Å². The Balaban J connectivity index is 0.918. The van der Waals surface area contributed by atoms with Crippen molar-refractivity contribution in [3.63, 3.8) is 0 Å². The van der Waals surface area contributed by atoms with Crippen LogP contribution in [0.4, 0.5) is 0 Å². The van der Waals surface area contributed by atoms with Crippen molar-refractivity contribution in [2.24, 2.45) is 0 Å². The van der Waals surface area contributed by atoms with Crippen LogP contribution in [0.2, 0.25) is 0 Å². The molecule has 3 heterocycles. The average molecular weight is 916 g/mol. The first-order valence-corrected chi connectivity index (χ1v) is 23.3. The molecule has 0 radical (unpaired) electrons. The first-order valence-electron chi connectivity index (χ1n) is 23.3. The maximum absolute atomic E-state index is 10.5. The minimum atomic E-state index is -0.995. The van der Waals surface area contributed by atoms with Gasteiger partial charge >= 0.3 is 0 Å². The molecule has 0 bridgehead atoms. The number of phenols is 5. The minimum absolute atomic E-state index is 0.195. The Bertz CT molecular complexity index is 3320. The maximum Gasteiger partial charge on any atom is 0.208 e. The Kier molecular flexibility index (Phi) is 12.6. The molecule has 8 nitrogen and oxygen atoms in total. The van der Waals surface area contributed by atoms with Crippen LogP contribution in [0, 0.1) is 6.92 Å². The standard InChI is InChI=1S/C62H49N3O5/c1-39-38-65-56(37-53(39)45-26-30-49(31-27-45)57-58(66)60(68)62(70)61(69)59(57)67)48-28-24-44(25-29-48)51-8-2-3-9-52(51)50-35-42(14-12-40-16-20-46(21-17-40)54-10-4-6-32-63-54)34-43(36-50)15-13-41-18-22-47(23-19-41)55-11-5-7-33-64-55/h2-11,16-38,66-70H,12-15H2,1H3. The normalized spacial score (nSPS) is 11.2. The molecule has 10 aromatic rings. The molecule has 0 unspecified atom stereocenters. The molecule has 0 spiro atoms. The lowest BCUT2D eigenvalue weighted by Gasteiger charge is -2.15. The van der Waals surface area contributed by atoms with Crippen LogP contribution in [-0.2, 0) is 25.7 Å². The fourth-order valence-electron chi connectivity index (χ4n) is 9.11. The highest BCUT2D eigenvalue weighted by atomic mass is 16.4. The number of rotatable bonds is 13. The lowest BCUT2D eigenvalue weighted by atomic mass is 9.89. The molecule has 0 atom stereocenters. The number of hydrogen-bond donors (Lipinski definition) is 5. The SMILES string of the molecule is Cc1cnc(-c2ccc(-c3ccccc3-c3cc(CCc4ccc(-c5ccccn5)cc4)cc(CCc4ccc(-c5ccccn5)cc4)c3)cc2)cc1-c1ccc(-c2c(O)c(O)c(O)c(O)c2O)cc1. The maximum atomic E-state index is 10.5. The molecule has 0 aliphatic carbocycles. The molecule has 5 N–H and O–H groups in total. The second-order valence-corrected chi connectivity index (χ2v) is 17.6. The number of aryl methyl sites for hydroxylation is 5. The number of aromatic hydroxyl groups is 5. The summed E-state index contributed by atoms with van der Waals surface area (Å²) >= 11 is 0. The summed E-state index contributed by atoms with van der Waals surface area (Å²) in [5.74, 6) is -4.31. The van der Waals surface area contributed by atoms with Gasteiger partial charge in [0.1, 0.15) is 0 Å². The Hall–Kier alpha value is -9.01. The predicted molar refractivity (Wildman–Crippen MR) is 279 cm³/mol. The van der Waals surface area contributed by atoms with Crippen molar-refractivity contribution in [2.75, 3.05) is 0 Å². The average Bonchev–Trinajstić information content (AvgIpc) is 3.42. The number of nitrogens with zero attached hydrogens (tertiary/aromatic N) is 3. The number of phenolic OH excluding ortho intramolecular Hbond substituents is 5. The number of hydrogen-bond acceptors (Lipinski definition) is 8. The van der Waals surface area contributed by atoms with E-state index in [0.717, 1.165) is 92.8 Å². The molecule has 0 aliphatic heterocycles. The molecule has 3 aromatic heterocycles. The third-order valence-corrected chi connectivity index (χ3v) is 13.0. The Morgan fingerprint density at radius 2 is 0.714 bits per heavy atom. The van der Waals surface area contributed by atoms with Crippen molar-refractivity contribution in [3.05, 3.63) is 228 Å². The van der Waals surface area contributed by atoms with E-state index in [-0.39, 0.29) is 5.56 Å². The highest BCUT2D eigenvalue weighted by Crippen LogP contribution is 2.54. The van der Waals surface area contributed by atoms with Crippen LogP contribution >= 0.6 is 0 Å². The van der Waals surface area contributed by atoms with Crippen molar-refractivity contribution in [2.45, 2.75) is 32.6 Å². The topological polar surface area (TPSA) is 140 Å². The Morgan fingerprint density at radius 3 is 1.21 bits per heavy atom. The van der Waals surface area contributed by atoms with Gasteiger partial charge in [0, 0.05) is 35.3 Å². The molecule has 0 fully saturated rings. The second kappa shape index (κ2) is 19.7. The summed E-state index contributed by atoms with van der Waals surface area (Å²) < 4.78 is 0. The zero-order chi connectivity index (χ0) is 48.1. The van der Waals surface area contributed by atoms with Gasteiger partial charge in [-0.3, -0.25) is 15.0 Å². The molecular formula is C62H49N3O5. The second-order valence-electron chi connectivity index (χ2n) is 17.6. The molecule has 342 valence electrons. The van der Waals surface area contributed by atoms with Gasteiger partial charge in [0.2, 0.25) is 17.2 Å². The third-order valence-electron chi connectivity index (χ3n) is 13.0. The monoisotopic (exact) mass is 915 g/mol. The van der Waals surface area contributed by atoms with Crippen LogP contribution in [0.15, 0.2) is 201 Å². The van der Waals surface area contributed by atoms with Crippen LogP contribution < -0.4 is 0 Å². The highest BCUT2D eigenvalue weighted by molar-refractivity contribution is 5.87. The first kappa shape index (κ1) is 44.8. The van der Waals surface area contributed by atoms with Gasteiger partial charge in [-0.25, -0.2) is 0 Å². The van der Waals surface area contributed by atoms with Crippen molar-refractivity contribution < 1.29 is 25.5 Å². The van der Waals surface area contributed by atoms with Crippen LogP contribution in [0.3, 0.4) is 0 Å². The van der Waals surface area contributed by atoms with Crippen molar-refractivity contribution >= 4 is 0 Å². The van der Waals surface area contributed by atoms with Gasteiger partial charge in [-0.15, -0.1) is 0 Å². The quantitative estimate of drug-likeness (QED) is 0.0569. The predicted octanol–water partition coefficient (Wildman–Crippen LogP) is 13.9. The van der Waals surface area contributed by atoms with E-state index in [1.807, 2.05) is 80.1 Å². The van der Waals surface area contributed by atoms with Gasteiger partial charge in [-0.05, 0) is 130 Å². The van der Waals surface area contributed by atoms with Crippen molar-refractivity contribution in [3.8, 4) is 107 Å². The molecule has 0 saturated heterocycles. The van der Waals surface area contributed by atoms with E-state index >= 15 is 0 Å². The van der Waals surface area contributed by atoms with E-state index in [1.165, 1.54) is 27.8 Å². The number of pyridine rings is 3. The zero-order valence-corrected chi connectivity index (χ0v) is 38.5. The molecule has 0 aliphatic rings. The fourth-order valence-corrected chi connectivity index (χ4v) is 9.11. The van der Waals surface area contributed by atoms with Gasteiger partial charge in [0.15, 0.2) is 11.5 Å². The highest BCUT2D eigenvalue weighted by Gasteiger charge is 2.24. The zero-order valence-electron chi connectivity index (χ0n) is 38.5. The Labute approximate surface area is 406 Å². The van der Waals surface area contributed by atoms with E-state index in [1.54, 1.807) is 12.1 Å². The molecule has 7 aromatic carbocycles. The summed E-state index contributed by atoms with van der Waals surface area (Å²) in [4.78, 5) is 13.9. The molecule has 70 heavy (non-hydrogen) atoms. The molecule has 0 saturated carbocycles. The Morgan fingerprint density at radius 1 is 0.314 bits per heavy atom. The van der Waals surface area contributed by atoms with Gasteiger partial charge in [-0.1, -0.05) is 152 Å². The van der Waals surface area contributed by atoms with Crippen LogP contribution in [0.5, 0.6) is 28.7 Å². The largest absolute Gasteiger partial charge is 0.504 e. The van der Waals surface area contributed by atoms with Crippen molar-refractivity contribution in [1.82, 2.24) is 15.0 Å². The lowest BCUT2D eigenvalue weighted by Crippen LogP contribution is -1.98.